The van der Waals surface area contributed by atoms with Gasteiger partial charge in [-0.3, -0.25) is 0 Å². The summed E-state index contributed by atoms with van der Waals surface area (Å²) in [6, 6.07) is 13.6. The van der Waals surface area contributed by atoms with Crippen LogP contribution >= 0.6 is 0 Å². The molecule has 0 spiro atoms. The van der Waals surface area contributed by atoms with Crippen LogP contribution in [0.1, 0.15) is 23.2 Å². The highest BCUT2D eigenvalue weighted by Crippen LogP contribution is 2.25. The zero-order valence-electron chi connectivity index (χ0n) is 13.6. The highest BCUT2D eigenvalue weighted by molar-refractivity contribution is 6.08. The fourth-order valence-corrected chi connectivity index (χ4v) is 2.97. The maximum atomic E-state index is 11.4. The summed E-state index contributed by atoms with van der Waals surface area (Å²) in [5.41, 5.74) is 2.59. The summed E-state index contributed by atoms with van der Waals surface area (Å²) in [7, 11) is 3.56. The molecule has 4 nitrogen and oxygen atoms in total. The molecule has 1 aromatic heterocycles. The summed E-state index contributed by atoms with van der Waals surface area (Å²) < 4.78 is 4.71. The van der Waals surface area contributed by atoms with E-state index in [4.69, 9.17) is 4.74 Å². The number of aromatic nitrogens is 1. The van der Waals surface area contributed by atoms with Crippen molar-refractivity contribution >= 4 is 27.8 Å². The molecule has 120 valence electrons. The van der Waals surface area contributed by atoms with E-state index in [9.17, 15) is 4.79 Å². The van der Waals surface area contributed by atoms with Crippen molar-refractivity contribution in [2.45, 2.75) is 12.8 Å². The number of hydrogen-bond donors (Lipinski definition) is 1. The van der Waals surface area contributed by atoms with Crippen LogP contribution in [0.25, 0.3) is 21.8 Å². The Morgan fingerprint density at radius 2 is 1.74 bits per heavy atom. The third-order valence-corrected chi connectivity index (χ3v) is 4.26. The molecule has 0 unspecified atom stereocenters. The highest BCUT2D eigenvalue weighted by atomic mass is 16.5. The van der Waals surface area contributed by atoms with Gasteiger partial charge in [-0.25, -0.2) is 4.79 Å². The Bertz CT molecular complexity index is 816. The average molecular weight is 310 g/mol. The first-order chi connectivity index (χ1) is 11.2. The van der Waals surface area contributed by atoms with Gasteiger partial charge in [0.15, 0.2) is 0 Å². The summed E-state index contributed by atoms with van der Waals surface area (Å²) >= 11 is 0. The fourth-order valence-electron chi connectivity index (χ4n) is 2.97. The molecule has 4 rings (SSSR count). The minimum Gasteiger partial charge on any atom is -0.465 e. The molecular formula is C19H22N2O2. The van der Waals surface area contributed by atoms with E-state index in [0.29, 0.717) is 5.56 Å². The number of fused-ring (bicyclic) bond motifs is 3. The second kappa shape index (κ2) is 6.84. The molecule has 0 aliphatic carbocycles. The molecule has 3 aromatic rings. The van der Waals surface area contributed by atoms with Crippen molar-refractivity contribution in [3.05, 3.63) is 48.0 Å². The number of nitrogens with zero attached hydrogens (tertiary/aromatic N) is 1. The normalized spacial score (nSPS) is 14.7. The van der Waals surface area contributed by atoms with E-state index in [0.717, 1.165) is 16.4 Å². The molecule has 0 saturated carbocycles. The van der Waals surface area contributed by atoms with Crippen LogP contribution < -0.4 is 0 Å². The summed E-state index contributed by atoms with van der Waals surface area (Å²) in [5.74, 6) is -0.314. The molecule has 0 atom stereocenters. The van der Waals surface area contributed by atoms with Crippen molar-refractivity contribution < 1.29 is 9.53 Å². The van der Waals surface area contributed by atoms with Crippen molar-refractivity contribution in [2.24, 2.45) is 0 Å². The van der Waals surface area contributed by atoms with Gasteiger partial charge in [0.2, 0.25) is 0 Å². The lowest BCUT2D eigenvalue weighted by Crippen LogP contribution is -2.10. The lowest BCUT2D eigenvalue weighted by molar-refractivity contribution is 0.0601. The number of carbonyl (C=O) groups excluding carboxylic acids is 1. The number of hydrogen-bond acceptors (Lipinski definition) is 3. The van der Waals surface area contributed by atoms with E-state index in [-0.39, 0.29) is 5.97 Å². The topological polar surface area (TPSA) is 45.3 Å². The second-order valence-corrected chi connectivity index (χ2v) is 5.93. The van der Waals surface area contributed by atoms with Crippen LogP contribution in [0.5, 0.6) is 0 Å². The molecule has 0 amide bonds. The third kappa shape index (κ3) is 3.37. The van der Waals surface area contributed by atoms with Crippen LogP contribution in [0, 0.1) is 0 Å². The number of ether oxygens (including phenoxy) is 1. The Labute approximate surface area is 136 Å². The summed E-state index contributed by atoms with van der Waals surface area (Å²) in [4.78, 5) is 17.1. The fraction of sp³-hybridized carbons (Fsp3) is 0.316. The van der Waals surface area contributed by atoms with E-state index < -0.39 is 0 Å². The number of nitrogens with one attached hydrogen (secondary N) is 1. The molecule has 0 radical (unpaired) electrons. The summed E-state index contributed by atoms with van der Waals surface area (Å²) in [6.07, 6.45) is 2.83. The van der Waals surface area contributed by atoms with Gasteiger partial charge in [0.1, 0.15) is 0 Å². The number of aromatic amines is 1. The molecule has 1 fully saturated rings. The van der Waals surface area contributed by atoms with Gasteiger partial charge in [-0.2, -0.15) is 0 Å². The quantitative estimate of drug-likeness (QED) is 0.695. The van der Waals surface area contributed by atoms with Crippen molar-refractivity contribution in [2.75, 3.05) is 27.2 Å². The van der Waals surface area contributed by atoms with Crippen LogP contribution in [0.15, 0.2) is 42.5 Å². The molecule has 2 heterocycles. The second-order valence-electron chi connectivity index (χ2n) is 5.93. The van der Waals surface area contributed by atoms with Gasteiger partial charge < -0.3 is 14.6 Å². The van der Waals surface area contributed by atoms with Crippen molar-refractivity contribution in [1.82, 2.24) is 9.88 Å². The minimum atomic E-state index is -0.314. The molecule has 1 saturated heterocycles. The van der Waals surface area contributed by atoms with Crippen LogP contribution in [0.4, 0.5) is 0 Å². The molecule has 4 heteroatoms. The van der Waals surface area contributed by atoms with Gasteiger partial charge in [0.05, 0.1) is 12.7 Å². The number of esters is 1. The predicted octanol–water partition coefficient (Wildman–Crippen LogP) is 3.82. The SMILES string of the molecule is CN1CCCC1.COC(=O)c1ccc2c(c1)[nH]c1ccccc12. The van der Waals surface area contributed by atoms with Gasteiger partial charge in [-0.15, -0.1) is 0 Å². The minimum absolute atomic E-state index is 0.314. The zero-order valence-corrected chi connectivity index (χ0v) is 13.6. The van der Waals surface area contributed by atoms with Crippen LogP contribution in [-0.2, 0) is 4.74 Å². The Morgan fingerprint density at radius 3 is 2.39 bits per heavy atom. The number of H-pyrrole nitrogens is 1. The van der Waals surface area contributed by atoms with Crippen LogP contribution in [-0.4, -0.2) is 43.1 Å². The summed E-state index contributed by atoms with van der Waals surface area (Å²) in [5, 5.41) is 2.28. The van der Waals surface area contributed by atoms with E-state index in [1.807, 2.05) is 30.3 Å². The maximum Gasteiger partial charge on any atom is 0.337 e. The Morgan fingerprint density at radius 1 is 1.04 bits per heavy atom. The lowest BCUT2D eigenvalue weighted by atomic mass is 10.1. The monoisotopic (exact) mass is 310 g/mol. The van der Waals surface area contributed by atoms with Crippen LogP contribution in [0.3, 0.4) is 0 Å². The van der Waals surface area contributed by atoms with E-state index in [1.54, 1.807) is 6.07 Å². The van der Waals surface area contributed by atoms with Gasteiger partial charge in [0.25, 0.3) is 0 Å². The largest absolute Gasteiger partial charge is 0.465 e. The van der Waals surface area contributed by atoms with Crippen molar-refractivity contribution in [3.63, 3.8) is 0 Å². The third-order valence-electron chi connectivity index (χ3n) is 4.26. The molecule has 1 N–H and O–H groups in total. The zero-order chi connectivity index (χ0) is 16.2. The number of benzene rings is 2. The van der Waals surface area contributed by atoms with Gasteiger partial charge in [-0.1, -0.05) is 24.3 Å². The molecule has 0 bridgehead atoms. The van der Waals surface area contributed by atoms with Gasteiger partial charge >= 0.3 is 5.97 Å². The molecule has 2 aromatic carbocycles. The van der Waals surface area contributed by atoms with E-state index in [1.165, 1.54) is 38.4 Å². The van der Waals surface area contributed by atoms with Crippen LogP contribution in [0.2, 0.25) is 0 Å². The number of carbonyl (C=O) groups is 1. The summed E-state index contributed by atoms with van der Waals surface area (Å²) in [6.45, 7) is 2.64. The lowest BCUT2D eigenvalue weighted by Gasteiger charge is -2.01. The van der Waals surface area contributed by atoms with Crippen molar-refractivity contribution in [1.29, 1.82) is 0 Å². The number of para-hydroxylation sites is 1. The Kier molecular flexibility index (Phi) is 4.63. The molecular weight excluding hydrogens is 288 g/mol. The first-order valence-corrected chi connectivity index (χ1v) is 7.96. The van der Waals surface area contributed by atoms with E-state index in [2.05, 4.69) is 23.0 Å². The molecule has 1 aliphatic rings. The number of methoxy groups -OCH3 is 1. The standard InChI is InChI=1S/C14H11NO2.C5H11N/c1-17-14(16)9-6-7-11-10-4-2-3-5-12(10)15-13(11)8-9;1-6-4-2-3-5-6/h2-8,15H,1H3;2-5H2,1H3. The van der Waals surface area contributed by atoms with Gasteiger partial charge in [0, 0.05) is 21.8 Å². The Hall–Kier alpha value is -2.33. The smallest absolute Gasteiger partial charge is 0.337 e. The average Bonchev–Trinajstić information content (AvgIpc) is 3.20. The van der Waals surface area contributed by atoms with Crippen molar-refractivity contribution in [3.8, 4) is 0 Å². The molecule has 1 aliphatic heterocycles. The number of rotatable bonds is 1. The molecule has 23 heavy (non-hydrogen) atoms. The maximum absolute atomic E-state index is 11.4. The first kappa shape index (κ1) is 15.6. The number of likely N-dealkylation sites (tertiary alicyclic amines) is 1. The first-order valence-electron chi connectivity index (χ1n) is 7.96. The van der Waals surface area contributed by atoms with Gasteiger partial charge in [-0.05, 0) is 51.2 Å². The Balaban J connectivity index is 0.000000220. The highest BCUT2D eigenvalue weighted by Gasteiger charge is 2.08. The predicted molar refractivity (Wildman–Crippen MR) is 93.9 cm³/mol. The van der Waals surface area contributed by atoms with E-state index >= 15 is 0 Å².